The van der Waals surface area contributed by atoms with Crippen molar-refractivity contribution < 1.29 is 41.0 Å². The average molecular weight is 500 g/mol. The zero-order valence-electron chi connectivity index (χ0n) is 18.4. The lowest BCUT2D eigenvalue weighted by Gasteiger charge is -2.42. The maximum absolute atomic E-state index is 14.9. The Bertz CT molecular complexity index is 1150. The van der Waals surface area contributed by atoms with E-state index >= 15 is 0 Å². The van der Waals surface area contributed by atoms with Crippen molar-refractivity contribution >= 4 is 17.6 Å². The van der Waals surface area contributed by atoms with E-state index in [4.69, 9.17) is 15.2 Å². The fraction of sp³-hybridized carbons (Fsp3) is 0.409. The minimum atomic E-state index is -4.32. The van der Waals surface area contributed by atoms with E-state index < -0.39 is 41.6 Å². The fourth-order valence-electron chi connectivity index (χ4n) is 3.92. The van der Waals surface area contributed by atoms with Gasteiger partial charge in [-0.1, -0.05) is 6.92 Å². The van der Waals surface area contributed by atoms with Gasteiger partial charge in [-0.25, -0.2) is 23.1 Å². The van der Waals surface area contributed by atoms with Crippen molar-refractivity contribution in [3.63, 3.8) is 0 Å². The van der Waals surface area contributed by atoms with E-state index in [0.29, 0.717) is 0 Å². The van der Waals surface area contributed by atoms with E-state index in [0.717, 1.165) is 12.3 Å². The van der Waals surface area contributed by atoms with Crippen molar-refractivity contribution in [3.8, 4) is 5.75 Å². The summed E-state index contributed by atoms with van der Waals surface area (Å²) in [6, 6.07) is 6.15. The number of alkyl halides is 4. The molecule has 8 nitrogen and oxygen atoms in total. The van der Waals surface area contributed by atoms with Crippen LogP contribution in [-0.4, -0.2) is 55.7 Å². The lowest BCUT2D eigenvalue weighted by Crippen LogP contribution is -2.50. The van der Waals surface area contributed by atoms with Crippen LogP contribution in [0.15, 0.2) is 41.5 Å². The molecule has 2 aliphatic rings. The molecule has 1 amide bonds. The topological polar surface area (TPSA) is 108 Å². The quantitative estimate of drug-likeness (QED) is 0.565. The summed E-state index contributed by atoms with van der Waals surface area (Å²) in [5, 5.41) is 2.58. The number of carbonyl (C=O) groups is 1. The van der Waals surface area contributed by atoms with Gasteiger partial charge in [-0.15, -0.1) is 0 Å². The lowest BCUT2D eigenvalue weighted by molar-refractivity contribution is -0.148. The Hall–Kier alpha value is -3.48. The Morgan fingerprint density at radius 3 is 2.71 bits per heavy atom. The Balaban J connectivity index is 1.51. The minimum Gasteiger partial charge on any atom is -0.485 e. The number of benzene rings is 1. The molecule has 1 saturated heterocycles. The third kappa shape index (κ3) is 4.59. The monoisotopic (exact) mass is 500 g/mol. The van der Waals surface area contributed by atoms with E-state index in [-0.39, 0.29) is 48.5 Å². The number of halogens is 5. The molecule has 0 radical (unpaired) electrons. The van der Waals surface area contributed by atoms with Crippen LogP contribution in [0, 0.1) is 11.2 Å². The van der Waals surface area contributed by atoms with E-state index in [9.17, 15) is 26.7 Å². The number of nitrogens with zero attached hydrogens (tertiary/aromatic N) is 2. The van der Waals surface area contributed by atoms with Gasteiger partial charge in [-0.3, -0.25) is 4.79 Å². The molecule has 2 aromatic rings. The molecule has 4 rings (SSSR count). The number of hydrogen-bond acceptors (Lipinski definition) is 7. The van der Waals surface area contributed by atoms with Gasteiger partial charge in [0.25, 0.3) is 11.9 Å². The van der Waals surface area contributed by atoms with Gasteiger partial charge >= 0.3 is 12.3 Å². The first-order chi connectivity index (χ1) is 16.5. The normalized spacial score (nSPS) is 23.9. The number of nitrogens with two attached hydrogens (primary N) is 1. The van der Waals surface area contributed by atoms with Crippen LogP contribution in [0.3, 0.4) is 0 Å². The molecule has 1 aromatic heterocycles. The molecular weight excluding hydrogens is 479 g/mol. The van der Waals surface area contributed by atoms with Gasteiger partial charge in [-0.05, 0) is 30.3 Å². The number of carbonyl (C=O) groups excluding carboxylic acids is 1. The summed E-state index contributed by atoms with van der Waals surface area (Å²) in [5.74, 6) is -5.81. The van der Waals surface area contributed by atoms with Gasteiger partial charge in [0.05, 0.1) is 24.8 Å². The van der Waals surface area contributed by atoms with Gasteiger partial charge in [0.1, 0.15) is 29.4 Å². The highest BCUT2D eigenvalue weighted by molar-refractivity contribution is 6.02. The summed E-state index contributed by atoms with van der Waals surface area (Å²) in [4.78, 5) is 20.8. The molecule has 2 aliphatic heterocycles. The molecular formula is C22H21F5N4O4. The van der Waals surface area contributed by atoms with Crippen LogP contribution in [0.1, 0.15) is 23.0 Å². The Morgan fingerprint density at radius 2 is 2.03 bits per heavy atom. The van der Waals surface area contributed by atoms with Crippen LogP contribution in [0.2, 0.25) is 0 Å². The SMILES string of the molecule is C[C@@]12COC[C@]1(c1cc(NC(=O)c3ccc(OCC(F)(F)C(F)F)cn3)ccc1F)N=C(N)OC2. The molecule has 3 N–H and O–H groups in total. The van der Waals surface area contributed by atoms with Gasteiger partial charge < -0.3 is 25.3 Å². The van der Waals surface area contributed by atoms with Crippen molar-refractivity contribution in [1.29, 1.82) is 0 Å². The van der Waals surface area contributed by atoms with Crippen molar-refractivity contribution in [1.82, 2.24) is 4.98 Å². The molecule has 0 bridgehead atoms. The Labute approximate surface area is 196 Å². The van der Waals surface area contributed by atoms with Crippen LogP contribution in [-0.2, 0) is 15.0 Å². The first-order valence-corrected chi connectivity index (χ1v) is 10.4. The number of pyridine rings is 1. The third-order valence-electron chi connectivity index (χ3n) is 5.96. The third-order valence-corrected chi connectivity index (χ3v) is 5.96. The molecule has 13 heteroatoms. The Kier molecular flexibility index (Phi) is 6.30. The highest BCUT2D eigenvalue weighted by Crippen LogP contribution is 2.51. The van der Waals surface area contributed by atoms with Crippen molar-refractivity contribution in [2.75, 3.05) is 31.7 Å². The maximum atomic E-state index is 14.9. The van der Waals surface area contributed by atoms with Gasteiger partial charge in [-0.2, -0.15) is 8.78 Å². The highest BCUT2D eigenvalue weighted by atomic mass is 19.3. The number of amidine groups is 1. The molecule has 1 aromatic carbocycles. The number of anilines is 1. The smallest absolute Gasteiger partial charge is 0.340 e. The highest BCUT2D eigenvalue weighted by Gasteiger charge is 2.58. The molecule has 0 unspecified atom stereocenters. The van der Waals surface area contributed by atoms with Gasteiger partial charge in [0, 0.05) is 11.3 Å². The van der Waals surface area contributed by atoms with Crippen molar-refractivity contribution in [2.45, 2.75) is 24.8 Å². The minimum absolute atomic E-state index is 0.0650. The maximum Gasteiger partial charge on any atom is 0.340 e. The number of nitrogens with one attached hydrogen (secondary N) is 1. The lowest BCUT2D eigenvalue weighted by atomic mass is 9.69. The number of hydrogen-bond donors (Lipinski definition) is 2. The van der Waals surface area contributed by atoms with Crippen molar-refractivity contribution in [3.05, 3.63) is 53.6 Å². The second-order valence-electron chi connectivity index (χ2n) is 8.53. The zero-order chi connectivity index (χ0) is 25.4. The average Bonchev–Trinajstić information content (AvgIpc) is 3.16. The molecule has 188 valence electrons. The molecule has 35 heavy (non-hydrogen) atoms. The number of rotatable bonds is 7. The molecule has 0 saturated carbocycles. The second-order valence-corrected chi connectivity index (χ2v) is 8.53. The molecule has 0 spiro atoms. The molecule has 3 heterocycles. The van der Waals surface area contributed by atoms with Crippen LogP contribution in [0.5, 0.6) is 5.75 Å². The fourth-order valence-corrected chi connectivity index (χ4v) is 3.92. The molecule has 1 fully saturated rings. The molecule has 0 aliphatic carbocycles. The van der Waals surface area contributed by atoms with Crippen LogP contribution in [0.25, 0.3) is 0 Å². The summed E-state index contributed by atoms with van der Waals surface area (Å²) in [7, 11) is 0. The predicted molar refractivity (Wildman–Crippen MR) is 113 cm³/mol. The summed E-state index contributed by atoms with van der Waals surface area (Å²) in [5.41, 5.74) is 4.19. The number of fused-ring (bicyclic) bond motifs is 1. The first-order valence-electron chi connectivity index (χ1n) is 10.4. The van der Waals surface area contributed by atoms with Gasteiger partial charge in [0.2, 0.25) is 0 Å². The Morgan fingerprint density at radius 1 is 1.26 bits per heavy atom. The number of aliphatic imine (C=N–C) groups is 1. The van der Waals surface area contributed by atoms with E-state index in [1.807, 2.05) is 6.92 Å². The van der Waals surface area contributed by atoms with E-state index in [1.165, 1.54) is 24.3 Å². The summed E-state index contributed by atoms with van der Waals surface area (Å²) in [6.07, 6.45) is -2.93. The van der Waals surface area contributed by atoms with E-state index in [1.54, 1.807) is 0 Å². The first kappa shape index (κ1) is 24.6. The number of aromatic nitrogens is 1. The van der Waals surface area contributed by atoms with E-state index in [2.05, 4.69) is 20.0 Å². The number of ether oxygens (including phenoxy) is 3. The summed E-state index contributed by atoms with van der Waals surface area (Å²) in [6.45, 7) is 0.793. The van der Waals surface area contributed by atoms with Crippen LogP contribution < -0.4 is 15.8 Å². The summed E-state index contributed by atoms with van der Waals surface area (Å²) >= 11 is 0. The standard InChI is InChI=1S/C22H21F5N4O4/c1-20-8-33-10-21(20,31-19(28)35-9-20)14-6-12(2-4-15(14)23)30-17(32)16-5-3-13(7-29-16)34-11-22(26,27)18(24)25/h2-7,18H,8-11H2,1H3,(H2,28,31)(H,30,32)/t20-,21+/m0/s1. The predicted octanol–water partition coefficient (Wildman–Crippen LogP) is 3.33. The van der Waals surface area contributed by atoms with Crippen LogP contribution in [0.4, 0.5) is 27.6 Å². The molecule has 2 atom stereocenters. The second kappa shape index (κ2) is 8.95. The zero-order valence-corrected chi connectivity index (χ0v) is 18.4. The largest absolute Gasteiger partial charge is 0.485 e. The van der Waals surface area contributed by atoms with Gasteiger partial charge in [0.15, 0.2) is 6.61 Å². The number of amides is 1. The summed E-state index contributed by atoms with van der Waals surface area (Å²) < 4.78 is 81.0. The van der Waals surface area contributed by atoms with Crippen molar-refractivity contribution in [2.24, 2.45) is 16.1 Å². The van der Waals surface area contributed by atoms with Crippen LogP contribution >= 0.6 is 0 Å².